The van der Waals surface area contributed by atoms with Gasteiger partial charge in [0.2, 0.25) is 5.91 Å². The first-order chi connectivity index (χ1) is 30.3. The molecule has 4 N–H and O–H groups in total. The molecule has 2 atom stereocenters. The lowest BCUT2D eigenvalue weighted by molar-refractivity contribution is -0.123. The second-order valence-corrected chi connectivity index (χ2v) is 20.9. The van der Waals surface area contributed by atoms with Crippen molar-refractivity contribution in [2.45, 2.75) is 334 Å². The molecule has 0 bridgehead atoms. The van der Waals surface area contributed by atoms with Crippen LogP contribution in [0.4, 0.5) is 0 Å². The second kappa shape index (κ2) is 50.0. The number of hydrogen-bond donors (Lipinski definition) is 4. The van der Waals surface area contributed by atoms with E-state index in [-0.39, 0.29) is 5.91 Å². The monoisotopic (exact) mass is 900 g/mol. The van der Waals surface area contributed by atoms with E-state index in [1.807, 2.05) is 0 Å². The Morgan fingerprint density at radius 3 is 0.871 bits per heavy atom. The van der Waals surface area contributed by atoms with Crippen molar-refractivity contribution in [3.8, 4) is 0 Å². The number of amides is 1. The summed E-state index contributed by atoms with van der Waals surface area (Å²) in [6.45, 7) is 4.17. The van der Waals surface area contributed by atoms with Gasteiger partial charge in [0, 0.05) is 6.42 Å². The summed E-state index contributed by atoms with van der Waals surface area (Å²) in [5.41, 5.74) is 0. The topological polar surface area (TPSA) is 116 Å². The molecular weight excluding hydrogens is 790 g/mol. The quantitative estimate of drug-likeness (QED) is 0.0357. The molecule has 7 nitrogen and oxygen atoms in total. The fourth-order valence-electron chi connectivity index (χ4n) is 9.12. The van der Waals surface area contributed by atoms with Gasteiger partial charge in [-0.15, -0.1) is 0 Å². The normalized spacial score (nSPS) is 12.9. The van der Waals surface area contributed by atoms with E-state index in [1.165, 1.54) is 257 Å². The number of phosphoric acid groups is 1. The van der Waals surface area contributed by atoms with Crippen molar-refractivity contribution in [3.05, 3.63) is 0 Å². The predicted molar refractivity (Wildman–Crippen MR) is 269 cm³/mol. The van der Waals surface area contributed by atoms with Gasteiger partial charge in [-0.25, -0.2) is 4.57 Å². The molecule has 62 heavy (non-hydrogen) atoms. The molecule has 0 fully saturated rings. The largest absolute Gasteiger partial charge is 0.469 e. The fraction of sp³-hybridized carbons (Fsp3) is 0.981. The van der Waals surface area contributed by atoms with Crippen LogP contribution in [0, 0.1) is 0 Å². The molecule has 1 amide bonds. The molecule has 0 aliphatic carbocycles. The minimum absolute atomic E-state index is 0.185. The van der Waals surface area contributed by atoms with Crippen LogP contribution in [0.15, 0.2) is 0 Å². The lowest BCUT2D eigenvalue weighted by atomic mass is 10.0. The zero-order chi connectivity index (χ0) is 45.3. The zero-order valence-electron chi connectivity index (χ0n) is 41.8. The Hall–Kier alpha value is -0.460. The Bertz CT molecular complexity index is 931. The second-order valence-electron chi connectivity index (χ2n) is 19.6. The summed E-state index contributed by atoms with van der Waals surface area (Å²) in [6.07, 6.45) is 61.4. The summed E-state index contributed by atoms with van der Waals surface area (Å²) in [7, 11) is -4.69. The first-order valence-electron chi connectivity index (χ1n) is 28.0. The van der Waals surface area contributed by atoms with Crippen molar-refractivity contribution < 1.29 is 28.8 Å². The van der Waals surface area contributed by atoms with Gasteiger partial charge in [-0.2, -0.15) is 0 Å². The first kappa shape index (κ1) is 61.5. The number of phosphoric ester groups is 1. The van der Waals surface area contributed by atoms with Gasteiger partial charge in [-0.1, -0.05) is 303 Å². The van der Waals surface area contributed by atoms with E-state index >= 15 is 0 Å². The van der Waals surface area contributed by atoms with Gasteiger partial charge < -0.3 is 20.2 Å². The lowest BCUT2D eigenvalue weighted by Gasteiger charge is -2.24. The summed E-state index contributed by atoms with van der Waals surface area (Å²) in [6, 6.07) is -0.819. The molecule has 0 saturated carbocycles. The van der Waals surface area contributed by atoms with Crippen LogP contribution in [-0.2, 0) is 13.9 Å². The highest BCUT2D eigenvalue weighted by atomic mass is 31.2. The van der Waals surface area contributed by atoms with Crippen molar-refractivity contribution in [1.29, 1.82) is 0 Å². The first-order valence-corrected chi connectivity index (χ1v) is 29.5. The van der Waals surface area contributed by atoms with Crippen molar-refractivity contribution >= 4 is 13.7 Å². The average molecular weight is 900 g/mol. The highest BCUT2D eigenvalue weighted by molar-refractivity contribution is 7.46. The summed E-state index contributed by atoms with van der Waals surface area (Å²) in [5, 5.41) is 13.6. The number of nitrogens with one attached hydrogen (secondary N) is 1. The van der Waals surface area contributed by atoms with Crippen LogP contribution in [0.25, 0.3) is 0 Å². The van der Waals surface area contributed by atoms with E-state index in [9.17, 15) is 24.3 Å². The van der Waals surface area contributed by atoms with Gasteiger partial charge in [0.15, 0.2) is 0 Å². The third kappa shape index (κ3) is 50.5. The summed E-state index contributed by atoms with van der Waals surface area (Å²) in [5.74, 6) is -0.185. The van der Waals surface area contributed by atoms with Gasteiger partial charge in [0.25, 0.3) is 0 Å². The van der Waals surface area contributed by atoms with Crippen LogP contribution in [-0.4, -0.2) is 39.6 Å². The molecule has 0 aromatic heterocycles. The summed E-state index contributed by atoms with van der Waals surface area (Å²) < 4.78 is 16.0. The van der Waals surface area contributed by atoms with E-state index in [2.05, 4.69) is 19.2 Å². The van der Waals surface area contributed by atoms with Crippen LogP contribution in [0.1, 0.15) is 322 Å². The Morgan fingerprint density at radius 1 is 0.403 bits per heavy atom. The Labute approximate surface area is 387 Å². The SMILES string of the molecule is CCCCCCCCCCCCCCCCCCCCCCCCCCCCCCCCCCC(=O)N[C@@H](COP(=O)(O)O)[C@H](O)CCCCCCCCCCCCCCCC. The molecule has 8 heteroatoms. The number of carbonyl (C=O) groups is 1. The molecule has 0 unspecified atom stereocenters. The Balaban J connectivity index is 3.61. The van der Waals surface area contributed by atoms with Gasteiger partial charge in [-0.3, -0.25) is 9.32 Å². The summed E-state index contributed by atoms with van der Waals surface area (Å²) in [4.78, 5) is 31.1. The van der Waals surface area contributed by atoms with E-state index in [1.54, 1.807) is 0 Å². The average Bonchev–Trinajstić information content (AvgIpc) is 3.25. The molecule has 0 heterocycles. The maximum absolute atomic E-state index is 12.7. The molecule has 0 aromatic rings. The van der Waals surface area contributed by atoms with Gasteiger partial charge >= 0.3 is 7.82 Å². The highest BCUT2D eigenvalue weighted by Crippen LogP contribution is 2.36. The molecule has 0 spiro atoms. The molecule has 0 aliphatic heterocycles. The van der Waals surface area contributed by atoms with Crippen molar-refractivity contribution in [2.24, 2.45) is 0 Å². The number of aliphatic hydroxyl groups excluding tert-OH is 1. The van der Waals surface area contributed by atoms with E-state index < -0.39 is 26.6 Å². The van der Waals surface area contributed by atoms with Crippen LogP contribution in [0.5, 0.6) is 0 Å². The van der Waals surface area contributed by atoms with Crippen molar-refractivity contribution in [1.82, 2.24) is 5.32 Å². The lowest BCUT2D eigenvalue weighted by Crippen LogP contribution is -2.46. The third-order valence-corrected chi connectivity index (χ3v) is 13.8. The maximum Gasteiger partial charge on any atom is 0.469 e. The third-order valence-electron chi connectivity index (χ3n) is 13.3. The van der Waals surface area contributed by atoms with Gasteiger partial charge in [-0.05, 0) is 12.8 Å². The maximum atomic E-state index is 12.7. The fourth-order valence-corrected chi connectivity index (χ4v) is 9.47. The van der Waals surface area contributed by atoms with Gasteiger partial charge in [0.05, 0.1) is 18.8 Å². The smallest absolute Gasteiger partial charge is 0.391 e. The minimum atomic E-state index is -4.69. The van der Waals surface area contributed by atoms with Gasteiger partial charge in [0.1, 0.15) is 0 Å². The van der Waals surface area contributed by atoms with E-state index in [4.69, 9.17) is 4.52 Å². The number of rotatable bonds is 53. The number of hydrogen-bond acceptors (Lipinski definition) is 4. The Morgan fingerprint density at radius 2 is 0.629 bits per heavy atom. The molecule has 0 aromatic carbocycles. The molecule has 0 saturated heterocycles. The molecular formula is C54H110NO6P. The standard InChI is InChI=1S/C54H110NO6P/c1-3-5-7-9-11-13-15-17-19-20-21-22-23-24-25-26-27-28-29-30-31-32-33-34-35-36-38-40-42-44-46-48-50-54(57)55-52(51-61-62(58,59)60)53(56)49-47-45-43-41-39-37-18-16-14-12-10-8-6-4-2/h52-53,56H,3-51H2,1-2H3,(H,55,57)(H2,58,59,60)/t52-,53+/m0/s1. The van der Waals surface area contributed by atoms with E-state index in [0.29, 0.717) is 12.8 Å². The molecule has 0 aliphatic rings. The van der Waals surface area contributed by atoms with Crippen LogP contribution < -0.4 is 5.32 Å². The molecule has 372 valence electrons. The van der Waals surface area contributed by atoms with E-state index in [0.717, 1.165) is 38.5 Å². The molecule has 0 rings (SSSR count). The highest BCUT2D eigenvalue weighted by Gasteiger charge is 2.25. The van der Waals surface area contributed by atoms with Crippen molar-refractivity contribution in [3.63, 3.8) is 0 Å². The number of carbonyl (C=O) groups excluding carboxylic acids is 1. The number of aliphatic hydroxyl groups is 1. The Kier molecular flexibility index (Phi) is 49.6. The van der Waals surface area contributed by atoms with Crippen molar-refractivity contribution in [2.75, 3.05) is 6.61 Å². The summed E-state index contributed by atoms with van der Waals surface area (Å²) >= 11 is 0. The van der Waals surface area contributed by atoms with Crippen LogP contribution in [0.2, 0.25) is 0 Å². The zero-order valence-corrected chi connectivity index (χ0v) is 42.7. The van der Waals surface area contributed by atoms with Crippen LogP contribution >= 0.6 is 7.82 Å². The predicted octanol–water partition coefficient (Wildman–Crippen LogP) is 17.7. The molecule has 0 radical (unpaired) electrons. The van der Waals surface area contributed by atoms with Crippen LogP contribution in [0.3, 0.4) is 0 Å². The number of unbranched alkanes of at least 4 members (excludes halogenated alkanes) is 44. The minimum Gasteiger partial charge on any atom is -0.391 e.